The number of piperidine rings is 1. The fraction of sp³-hybridized carbons (Fsp3) is 0.440. The number of amides is 1. The number of nitrogens with zero attached hydrogens (tertiary/aromatic N) is 4. The summed E-state index contributed by atoms with van der Waals surface area (Å²) in [5.41, 5.74) is -0.499. The number of fused-ring (bicyclic) bond motifs is 1. The molecule has 10 nitrogen and oxygen atoms in total. The minimum Gasteiger partial charge on any atom is -0.481 e. The van der Waals surface area contributed by atoms with Crippen LogP contribution in [0.1, 0.15) is 33.6 Å². The van der Waals surface area contributed by atoms with Gasteiger partial charge in [0.1, 0.15) is 17.2 Å². The SMILES string of the molecule is CC(C)(C)OC(=O)N1CCC(CNc2ccc3ncc(-c4cccc(OC(F)(F)F)c4)n3n2)(C(=O)O)CC1. The highest BCUT2D eigenvalue weighted by Crippen LogP contribution is 2.33. The zero-order valence-corrected chi connectivity index (χ0v) is 21.1. The average molecular weight is 536 g/mol. The van der Waals surface area contributed by atoms with Crippen LogP contribution >= 0.6 is 0 Å². The molecule has 3 heterocycles. The second-order valence-corrected chi connectivity index (χ2v) is 10.1. The van der Waals surface area contributed by atoms with E-state index in [0.29, 0.717) is 22.7 Å². The van der Waals surface area contributed by atoms with Gasteiger partial charge in [-0.1, -0.05) is 12.1 Å². The maximum absolute atomic E-state index is 12.6. The normalized spacial score (nSPS) is 15.8. The van der Waals surface area contributed by atoms with E-state index in [0.717, 1.165) is 0 Å². The number of imidazole rings is 1. The van der Waals surface area contributed by atoms with E-state index in [1.54, 1.807) is 39.0 Å². The van der Waals surface area contributed by atoms with Gasteiger partial charge < -0.3 is 24.8 Å². The van der Waals surface area contributed by atoms with Crippen LogP contribution in [0.2, 0.25) is 0 Å². The first-order chi connectivity index (χ1) is 17.7. The van der Waals surface area contributed by atoms with Crippen LogP contribution in [0.15, 0.2) is 42.6 Å². The monoisotopic (exact) mass is 535 g/mol. The number of aliphatic carboxylic acids is 1. The van der Waals surface area contributed by atoms with Crippen molar-refractivity contribution in [3.05, 3.63) is 42.6 Å². The topological polar surface area (TPSA) is 118 Å². The Bertz CT molecular complexity index is 1330. The van der Waals surface area contributed by atoms with Crippen molar-refractivity contribution in [1.82, 2.24) is 19.5 Å². The second-order valence-electron chi connectivity index (χ2n) is 10.1. The summed E-state index contributed by atoms with van der Waals surface area (Å²) >= 11 is 0. The smallest absolute Gasteiger partial charge is 0.481 e. The van der Waals surface area contributed by atoms with Crippen LogP contribution in [0.3, 0.4) is 0 Å². The highest BCUT2D eigenvalue weighted by atomic mass is 19.4. The number of aromatic nitrogens is 3. The number of nitrogens with one attached hydrogen (secondary N) is 1. The molecular weight excluding hydrogens is 507 g/mol. The summed E-state index contributed by atoms with van der Waals surface area (Å²) in [6, 6.07) is 8.76. The summed E-state index contributed by atoms with van der Waals surface area (Å²) in [5.74, 6) is -1.00. The highest BCUT2D eigenvalue weighted by Gasteiger charge is 2.43. The van der Waals surface area contributed by atoms with Gasteiger partial charge in [-0.3, -0.25) is 4.79 Å². The molecule has 1 aromatic carbocycles. The van der Waals surface area contributed by atoms with E-state index in [1.807, 2.05) is 0 Å². The van der Waals surface area contributed by atoms with Gasteiger partial charge in [-0.25, -0.2) is 14.3 Å². The molecule has 0 atom stereocenters. The number of carbonyl (C=O) groups excluding carboxylic acids is 1. The predicted octanol–water partition coefficient (Wildman–Crippen LogP) is 4.81. The Balaban J connectivity index is 1.49. The number of carbonyl (C=O) groups is 2. The van der Waals surface area contributed by atoms with Crippen molar-refractivity contribution in [2.45, 2.75) is 45.6 Å². The number of carboxylic acids is 1. The number of ether oxygens (including phenoxy) is 2. The fourth-order valence-electron chi connectivity index (χ4n) is 4.19. The Kier molecular flexibility index (Phi) is 7.13. The first-order valence-corrected chi connectivity index (χ1v) is 11.9. The van der Waals surface area contributed by atoms with E-state index in [-0.39, 0.29) is 38.2 Å². The van der Waals surface area contributed by atoms with E-state index >= 15 is 0 Å². The number of benzene rings is 1. The van der Waals surface area contributed by atoms with E-state index in [1.165, 1.54) is 33.8 Å². The Hall–Kier alpha value is -4.03. The lowest BCUT2D eigenvalue weighted by Crippen LogP contribution is -2.50. The van der Waals surface area contributed by atoms with E-state index in [4.69, 9.17) is 4.74 Å². The lowest BCUT2D eigenvalue weighted by Gasteiger charge is -2.39. The Morgan fingerprint density at radius 3 is 2.47 bits per heavy atom. The molecule has 0 saturated carbocycles. The van der Waals surface area contributed by atoms with Gasteiger partial charge in [0, 0.05) is 25.2 Å². The third-order valence-corrected chi connectivity index (χ3v) is 6.16. The van der Waals surface area contributed by atoms with Crippen LogP contribution in [-0.2, 0) is 9.53 Å². The molecule has 1 aliphatic rings. The van der Waals surface area contributed by atoms with Crippen LogP contribution < -0.4 is 10.1 Å². The van der Waals surface area contributed by atoms with Crippen LogP contribution in [0.5, 0.6) is 5.75 Å². The van der Waals surface area contributed by atoms with Crippen molar-refractivity contribution in [3.63, 3.8) is 0 Å². The number of hydrogen-bond acceptors (Lipinski definition) is 7. The molecule has 38 heavy (non-hydrogen) atoms. The van der Waals surface area contributed by atoms with Gasteiger partial charge in [0.15, 0.2) is 5.65 Å². The van der Waals surface area contributed by atoms with Gasteiger partial charge in [-0.05, 0) is 57.9 Å². The second kappa shape index (κ2) is 10.0. The summed E-state index contributed by atoms with van der Waals surface area (Å²) in [4.78, 5) is 30.4. The zero-order chi connectivity index (χ0) is 27.7. The molecule has 1 fully saturated rings. The number of alkyl halides is 3. The van der Waals surface area contributed by atoms with Gasteiger partial charge in [0.2, 0.25) is 0 Å². The molecule has 1 saturated heterocycles. The van der Waals surface area contributed by atoms with Gasteiger partial charge in [0.05, 0.1) is 17.3 Å². The Morgan fingerprint density at radius 2 is 1.84 bits per heavy atom. The highest BCUT2D eigenvalue weighted by molar-refractivity contribution is 5.76. The maximum atomic E-state index is 12.6. The predicted molar refractivity (Wildman–Crippen MR) is 131 cm³/mol. The fourth-order valence-corrected chi connectivity index (χ4v) is 4.19. The van der Waals surface area contributed by atoms with Crippen LogP contribution in [-0.4, -0.2) is 68.3 Å². The molecule has 2 N–H and O–H groups in total. The van der Waals surface area contributed by atoms with Crippen molar-refractivity contribution in [3.8, 4) is 17.0 Å². The summed E-state index contributed by atoms with van der Waals surface area (Å²) in [5, 5.41) is 17.6. The van der Waals surface area contributed by atoms with Crippen LogP contribution in [0.4, 0.5) is 23.8 Å². The lowest BCUT2D eigenvalue weighted by molar-refractivity contribution is -0.274. The average Bonchev–Trinajstić information content (AvgIpc) is 3.24. The lowest BCUT2D eigenvalue weighted by atomic mass is 9.78. The molecule has 204 valence electrons. The van der Waals surface area contributed by atoms with Gasteiger partial charge >= 0.3 is 18.4 Å². The van der Waals surface area contributed by atoms with Crippen LogP contribution in [0, 0.1) is 5.41 Å². The molecular formula is C25H28F3N5O5. The third-order valence-electron chi connectivity index (χ3n) is 6.16. The molecule has 0 radical (unpaired) electrons. The Labute approximate surface area is 216 Å². The number of anilines is 1. The molecule has 0 bridgehead atoms. The zero-order valence-electron chi connectivity index (χ0n) is 21.1. The summed E-state index contributed by atoms with van der Waals surface area (Å²) in [6.45, 7) is 5.82. The van der Waals surface area contributed by atoms with Gasteiger partial charge in [-0.15, -0.1) is 18.3 Å². The first-order valence-electron chi connectivity index (χ1n) is 11.9. The minimum absolute atomic E-state index is 0.0575. The molecule has 0 aliphatic carbocycles. The van der Waals surface area contributed by atoms with Crippen molar-refractivity contribution in [2.75, 3.05) is 25.0 Å². The molecule has 1 aliphatic heterocycles. The maximum Gasteiger partial charge on any atom is 0.573 e. The molecule has 13 heteroatoms. The molecule has 3 aromatic rings. The van der Waals surface area contributed by atoms with E-state index in [9.17, 15) is 27.9 Å². The van der Waals surface area contributed by atoms with E-state index in [2.05, 4.69) is 20.1 Å². The van der Waals surface area contributed by atoms with Crippen LogP contribution in [0.25, 0.3) is 16.9 Å². The number of halogens is 3. The quantitative estimate of drug-likeness (QED) is 0.462. The first kappa shape index (κ1) is 27.0. The number of rotatable bonds is 6. The molecule has 0 unspecified atom stereocenters. The molecule has 4 rings (SSSR count). The van der Waals surface area contributed by atoms with E-state index < -0.39 is 29.4 Å². The summed E-state index contributed by atoms with van der Waals surface area (Å²) in [7, 11) is 0. The standard InChI is InChI=1S/C25H28F3N5O5/c1-23(2,3)38-22(36)32-11-9-24(10-12-32,21(34)35)15-30-19-7-8-20-29-14-18(33(20)31-19)16-5-4-6-17(13-16)37-25(26,27)28/h4-8,13-14H,9-12,15H2,1-3H3,(H,30,31)(H,34,35). The van der Waals surface area contributed by atoms with Crippen molar-refractivity contribution >= 4 is 23.5 Å². The number of carboxylic acid groups (broad SMARTS) is 1. The molecule has 1 amide bonds. The Morgan fingerprint density at radius 1 is 1.13 bits per heavy atom. The molecule has 0 spiro atoms. The summed E-state index contributed by atoms with van der Waals surface area (Å²) < 4.78 is 48.8. The number of likely N-dealkylation sites (tertiary alicyclic amines) is 1. The van der Waals surface area contributed by atoms with Crippen molar-refractivity contribution < 1.29 is 37.3 Å². The van der Waals surface area contributed by atoms with Crippen molar-refractivity contribution in [1.29, 1.82) is 0 Å². The number of hydrogen-bond donors (Lipinski definition) is 2. The van der Waals surface area contributed by atoms with Gasteiger partial charge in [-0.2, -0.15) is 0 Å². The minimum atomic E-state index is -4.82. The van der Waals surface area contributed by atoms with Crippen molar-refractivity contribution in [2.24, 2.45) is 5.41 Å². The molecule has 2 aromatic heterocycles. The third kappa shape index (κ3) is 6.26. The summed E-state index contributed by atoms with van der Waals surface area (Å²) in [6.07, 6.45) is -3.38. The largest absolute Gasteiger partial charge is 0.573 e. The van der Waals surface area contributed by atoms with Gasteiger partial charge in [0.25, 0.3) is 0 Å².